The second-order valence-electron chi connectivity index (χ2n) is 4.95. The van der Waals surface area contributed by atoms with Crippen LogP contribution in [0.5, 0.6) is 0 Å². The number of rotatable bonds is 6. The summed E-state index contributed by atoms with van der Waals surface area (Å²) >= 11 is 1.52. The number of hydrogen-bond acceptors (Lipinski definition) is 4. The van der Waals surface area contributed by atoms with Crippen LogP contribution in [0.25, 0.3) is 10.1 Å². The molecule has 2 heterocycles. The van der Waals surface area contributed by atoms with E-state index in [2.05, 4.69) is 0 Å². The zero-order valence-corrected chi connectivity index (χ0v) is 13.1. The molecule has 4 nitrogen and oxygen atoms in total. The summed E-state index contributed by atoms with van der Waals surface area (Å²) in [6.45, 7) is 1.48. The third kappa shape index (κ3) is 3.21. The fourth-order valence-electron chi connectivity index (χ4n) is 2.29. The Balaban J connectivity index is 1.83. The maximum Gasteiger partial charge on any atom is 0.264 e. The summed E-state index contributed by atoms with van der Waals surface area (Å²) in [5.74, 6) is 0.778. The molecular formula is C17H17NO3S. The fourth-order valence-corrected chi connectivity index (χ4v) is 3.32. The monoisotopic (exact) mass is 315 g/mol. The lowest BCUT2D eigenvalue weighted by Crippen LogP contribution is -2.32. The fraction of sp³-hybridized carbons (Fsp3) is 0.235. The van der Waals surface area contributed by atoms with Crippen molar-refractivity contribution in [3.05, 3.63) is 59.4 Å². The summed E-state index contributed by atoms with van der Waals surface area (Å²) < 4.78 is 11.6. The SMILES string of the molecule is COCCN(Cc1ccco1)C(=O)c1cc2ccccc2s1. The Morgan fingerprint density at radius 3 is 2.86 bits per heavy atom. The molecule has 22 heavy (non-hydrogen) atoms. The molecule has 0 N–H and O–H groups in total. The van der Waals surface area contributed by atoms with Gasteiger partial charge in [-0.25, -0.2) is 0 Å². The quantitative estimate of drug-likeness (QED) is 0.695. The van der Waals surface area contributed by atoms with Gasteiger partial charge in [0.1, 0.15) is 5.76 Å². The zero-order chi connectivity index (χ0) is 15.4. The Labute approximate surface area is 132 Å². The van der Waals surface area contributed by atoms with Crippen LogP contribution in [-0.2, 0) is 11.3 Å². The van der Waals surface area contributed by atoms with E-state index in [-0.39, 0.29) is 5.91 Å². The minimum absolute atomic E-state index is 0.00894. The highest BCUT2D eigenvalue weighted by atomic mass is 32.1. The zero-order valence-electron chi connectivity index (χ0n) is 12.3. The summed E-state index contributed by atoms with van der Waals surface area (Å²) in [6.07, 6.45) is 1.62. The maximum atomic E-state index is 12.8. The van der Waals surface area contributed by atoms with Crippen molar-refractivity contribution in [2.75, 3.05) is 20.3 Å². The van der Waals surface area contributed by atoms with Crippen LogP contribution in [0.15, 0.2) is 53.1 Å². The van der Waals surface area contributed by atoms with Crippen molar-refractivity contribution in [1.29, 1.82) is 0 Å². The molecule has 0 bridgehead atoms. The smallest absolute Gasteiger partial charge is 0.264 e. The third-order valence-electron chi connectivity index (χ3n) is 3.42. The molecule has 0 fully saturated rings. The number of furan rings is 1. The first-order valence-corrected chi connectivity index (χ1v) is 7.89. The number of thiophene rings is 1. The van der Waals surface area contributed by atoms with Crippen molar-refractivity contribution >= 4 is 27.3 Å². The lowest BCUT2D eigenvalue weighted by molar-refractivity contribution is 0.0671. The van der Waals surface area contributed by atoms with E-state index in [0.717, 1.165) is 20.7 Å². The molecule has 0 unspecified atom stereocenters. The highest BCUT2D eigenvalue weighted by molar-refractivity contribution is 7.20. The molecular weight excluding hydrogens is 298 g/mol. The van der Waals surface area contributed by atoms with Crippen molar-refractivity contribution < 1.29 is 13.9 Å². The first-order valence-electron chi connectivity index (χ1n) is 7.07. The lowest BCUT2D eigenvalue weighted by Gasteiger charge is -2.20. The van der Waals surface area contributed by atoms with Crippen LogP contribution in [0.1, 0.15) is 15.4 Å². The Hall–Kier alpha value is -2.11. The molecule has 114 valence electrons. The van der Waals surface area contributed by atoms with Crippen molar-refractivity contribution in [3.63, 3.8) is 0 Å². The van der Waals surface area contributed by atoms with E-state index in [1.165, 1.54) is 11.3 Å². The van der Waals surface area contributed by atoms with E-state index >= 15 is 0 Å². The lowest BCUT2D eigenvalue weighted by atomic mass is 10.2. The van der Waals surface area contributed by atoms with Crippen molar-refractivity contribution in [2.24, 2.45) is 0 Å². The van der Waals surface area contributed by atoms with Crippen LogP contribution in [0, 0.1) is 0 Å². The Kier molecular flexibility index (Phi) is 4.56. The summed E-state index contributed by atoms with van der Waals surface area (Å²) in [4.78, 5) is 15.3. The molecule has 3 rings (SSSR count). The van der Waals surface area contributed by atoms with Gasteiger partial charge in [0.05, 0.1) is 24.3 Å². The first-order chi connectivity index (χ1) is 10.8. The molecule has 3 aromatic rings. The Bertz CT molecular complexity index is 715. The van der Waals surface area contributed by atoms with E-state index in [1.54, 1.807) is 18.3 Å². The number of amides is 1. The van der Waals surface area contributed by atoms with Gasteiger partial charge < -0.3 is 14.1 Å². The molecule has 0 aliphatic heterocycles. The molecule has 2 aromatic heterocycles. The Morgan fingerprint density at radius 2 is 2.14 bits per heavy atom. The van der Waals surface area contributed by atoms with Crippen LogP contribution in [-0.4, -0.2) is 31.1 Å². The van der Waals surface area contributed by atoms with Crippen LogP contribution >= 0.6 is 11.3 Å². The number of carbonyl (C=O) groups excluding carboxylic acids is 1. The van der Waals surface area contributed by atoms with Crippen molar-refractivity contribution in [3.8, 4) is 0 Å². The van der Waals surface area contributed by atoms with Gasteiger partial charge in [0.2, 0.25) is 0 Å². The minimum atomic E-state index is 0.00894. The van der Waals surface area contributed by atoms with Crippen molar-refractivity contribution in [1.82, 2.24) is 4.90 Å². The maximum absolute atomic E-state index is 12.8. The number of ether oxygens (including phenoxy) is 1. The van der Waals surface area contributed by atoms with E-state index in [1.807, 2.05) is 42.5 Å². The summed E-state index contributed by atoms with van der Waals surface area (Å²) in [7, 11) is 1.63. The topological polar surface area (TPSA) is 42.7 Å². The average molecular weight is 315 g/mol. The van der Waals surface area contributed by atoms with E-state index < -0.39 is 0 Å². The normalized spacial score (nSPS) is 11.0. The summed E-state index contributed by atoms with van der Waals surface area (Å²) in [6, 6.07) is 13.7. The second kappa shape index (κ2) is 6.77. The van der Waals surface area contributed by atoms with Gasteiger partial charge in [-0.2, -0.15) is 0 Å². The summed E-state index contributed by atoms with van der Waals surface area (Å²) in [5.41, 5.74) is 0. The van der Waals surface area contributed by atoms with Gasteiger partial charge in [0, 0.05) is 18.4 Å². The number of benzene rings is 1. The number of nitrogens with zero attached hydrogens (tertiary/aromatic N) is 1. The van der Waals surface area contributed by atoms with Gasteiger partial charge in [-0.05, 0) is 29.7 Å². The molecule has 1 amide bonds. The first kappa shape index (κ1) is 14.8. The average Bonchev–Trinajstić information content (AvgIpc) is 3.19. The summed E-state index contributed by atoms with van der Waals surface area (Å²) in [5, 5.41) is 1.10. The molecule has 1 aromatic carbocycles. The van der Waals surface area contributed by atoms with Gasteiger partial charge in [-0.1, -0.05) is 18.2 Å². The van der Waals surface area contributed by atoms with Crippen LogP contribution < -0.4 is 0 Å². The van der Waals surface area contributed by atoms with E-state index in [9.17, 15) is 4.79 Å². The molecule has 0 atom stereocenters. The Morgan fingerprint density at radius 1 is 1.27 bits per heavy atom. The van der Waals surface area contributed by atoms with E-state index in [4.69, 9.17) is 9.15 Å². The predicted molar refractivity (Wildman–Crippen MR) is 87.1 cm³/mol. The van der Waals surface area contributed by atoms with Crippen molar-refractivity contribution in [2.45, 2.75) is 6.54 Å². The minimum Gasteiger partial charge on any atom is -0.467 e. The number of hydrogen-bond donors (Lipinski definition) is 0. The van der Waals surface area contributed by atoms with Gasteiger partial charge >= 0.3 is 0 Å². The van der Waals surface area contributed by atoms with Gasteiger partial charge in [0.25, 0.3) is 5.91 Å². The molecule has 5 heteroatoms. The molecule has 0 saturated carbocycles. The number of methoxy groups -OCH3 is 1. The number of carbonyl (C=O) groups is 1. The van der Waals surface area contributed by atoms with Gasteiger partial charge in [-0.15, -0.1) is 11.3 Å². The molecule has 0 aliphatic carbocycles. The predicted octanol–water partition coefficient (Wildman–Crippen LogP) is 3.78. The third-order valence-corrected chi connectivity index (χ3v) is 4.52. The van der Waals surface area contributed by atoms with Crippen LogP contribution in [0.3, 0.4) is 0 Å². The molecule has 0 aliphatic rings. The molecule has 0 spiro atoms. The molecule has 0 radical (unpaired) electrons. The standard InChI is InChI=1S/C17H17NO3S/c1-20-10-8-18(12-14-6-4-9-21-14)17(19)16-11-13-5-2-3-7-15(13)22-16/h2-7,9,11H,8,10,12H2,1H3. The van der Waals surface area contributed by atoms with Gasteiger partial charge in [-0.3, -0.25) is 4.79 Å². The second-order valence-corrected chi connectivity index (χ2v) is 6.03. The highest BCUT2D eigenvalue weighted by Crippen LogP contribution is 2.26. The van der Waals surface area contributed by atoms with E-state index in [0.29, 0.717) is 19.7 Å². The molecule has 0 saturated heterocycles. The van der Waals surface area contributed by atoms with Crippen LogP contribution in [0.2, 0.25) is 0 Å². The van der Waals surface area contributed by atoms with Crippen LogP contribution in [0.4, 0.5) is 0 Å². The highest BCUT2D eigenvalue weighted by Gasteiger charge is 2.19. The van der Waals surface area contributed by atoms with Gasteiger partial charge in [0.15, 0.2) is 0 Å². The number of fused-ring (bicyclic) bond motifs is 1. The largest absolute Gasteiger partial charge is 0.467 e.